The van der Waals surface area contributed by atoms with Crippen molar-refractivity contribution in [3.05, 3.63) is 58.8 Å². The van der Waals surface area contributed by atoms with Crippen LogP contribution in [0.15, 0.2) is 30.5 Å². The average Bonchev–Trinajstić information content (AvgIpc) is 3.63. The van der Waals surface area contributed by atoms with Crippen molar-refractivity contribution in [3.8, 4) is 29.0 Å². The molecule has 0 spiro atoms. The maximum absolute atomic E-state index is 17.2. The molecular weight excluding hydrogens is 717 g/mol. The summed E-state index contributed by atoms with van der Waals surface area (Å²) in [5.74, 6) is -2.75. The van der Waals surface area contributed by atoms with E-state index in [0.717, 1.165) is 31.5 Å². The van der Waals surface area contributed by atoms with Gasteiger partial charge in [0.25, 0.3) is 0 Å². The second-order valence-electron chi connectivity index (χ2n) is 12.1. The maximum Gasteiger partial charge on any atom is 0.420 e. The van der Waals surface area contributed by atoms with Crippen LogP contribution >= 0.6 is 11.3 Å². The molecule has 7 rings (SSSR count). The molecule has 1 saturated heterocycles. The molecule has 52 heavy (non-hydrogen) atoms. The second kappa shape index (κ2) is 14.5. The Balaban J connectivity index is 0.00000150. The van der Waals surface area contributed by atoms with E-state index in [2.05, 4.69) is 19.9 Å². The van der Waals surface area contributed by atoms with Gasteiger partial charge in [-0.2, -0.15) is 28.4 Å². The van der Waals surface area contributed by atoms with E-state index in [1.165, 1.54) is 6.20 Å². The zero-order chi connectivity index (χ0) is 37.5. The molecule has 1 fully saturated rings. The van der Waals surface area contributed by atoms with Gasteiger partial charge in [-0.15, -0.1) is 11.3 Å². The summed E-state index contributed by atoms with van der Waals surface area (Å²) >= 11 is 0.686. The molecule has 2 unspecified atom stereocenters. The number of pyridine rings is 1. The van der Waals surface area contributed by atoms with Crippen molar-refractivity contribution in [1.82, 2.24) is 19.9 Å². The highest BCUT2D eigenvalue weighted by atomic mass is 32.1. The van der Waals surface area contributed by atoms with Crippen LogP contribution in [0.3, 0.4) is 0 Å². The zero-order valence-corrected chi connectivity index (χ0v) is 28.5. The lowest BCUT2D eigenvalue weighted by Crippen LogP contribution is -2.38. The number of hydrogen-bond donors (Lipinski definition) is 2. The van der Waals surface area contributed by atoms with Crippen LogP contribution in [0.5, 0.6) is 11.8 Å². The van der Waals surface area contributed by atoms with Crippen molar-refractivity contribution >= 4 is 49.0 Å². The highest BCUT2D eigenvalue weighted by molar-refractivity contribution is 7.23. The largest absolute Gasteiger partial charge is 0.490 e. The number of nitrogen functional groups attached to an aromatic ring is 2. The van der Waals surface area contributed by atoms with Gasteiger partial charge in [-0.3, -0.25) is 4.90 Å². The minimum absolute atomic E-state index is 0.00224. The number of aromatic nitrogens is 3. The number of rotatable bonds is 6. The van der Waals surface area contributed by atoms with Crippen molar-refractivity contribution in [2.45, 2.75) is 44.6 Å². The fourth-order valence-corrected chi connectivity index (χ4v) is 7.75. The molecular formula is C34H31F7N8O2S. The molecule has 3 aromatic heterocycles. The van der Waals surface area contributed by atoms with Gasteiger partial charge in [0.05, 0.1) is 22.2 Å². The fourth-order valence-electron chi connectivity index (χ4n) is 6.80. The Kier molecular flexibility index (Phi) is 10.2. The van der Waals surface area contributed by atoms with Gasteiger partial charge in [0.1, 0.15) is 58.1 Å². The number of alkyl halides is 5. The van der Waals surface area contributed by atoms with E-state index in [4.69, 9.17) is 20.9 Å². The zero-order valence-electron chi connectivity index (χ0n) is 27.7. The summed E-state index contributed by atoms with van der Waals surface area (Å²) in [6.45, 7) is 0.759. The Morgan fingerprint density at radius 2 is 1.88 bits per heavy atom. The average molecular weight is 749 g/mol. The fraction of sp³-hybridized carbons (Fsp3) is 0.353. The molecule has 10 nitrogen and oxygen atoms in total. The minimum Gasteiger partial charge on any atom is -0.490 e. The number of likely N-dealkylation sites (tertiary alicyclic amines) is 1. The number of halogens is 7. The van der Waals surface area contributed by atoms with E-state index >= 15 is 17.6 Å². The van der Waals surface area contributed by atoms with Crippen LogP contribution in [0.2, 0.25) is 0 Å². The molecule has 274 valence electrons. The predicted octanol–water partition coefficient (Wildman–Crippen LogP) is 7.38. The van der Waals surface area contributed by atoms with E-state index in [-0.39, 0.29) is 75.0 Å². The molecule has 2 aliphatic rings. The highest BCUT2D eigenvalue weighted by Gasteiger charge is 2.44. The number of nitriles is 1. The first-order chi connectivity index (χ1) is 24.8. The molecule has 0 aliphatic carbocycles. The third kappa shape index (κ3) is 6.54. The summed E-state index contributed by atoms with van der Waals surface area (Å²) in [6.07, 6.45) is -2.36. The van der Waals surface area contributed by atoms with Crippen molar-refractivity contribution in [1.29, 1.82) is 5.26 Å². The van der Waals surface area contributed by atoms with E-state index in [1.807, 2.05) is 20.0 Å². The molecule has 5 heterocycles. The Morgan fingerprint density at radius 1 is 1.13 bits per heavy atom. The molecule has 4 N–H and O–H groups in total. The number of nitrogens with zero attached hydrogens (tertiary/aromatic N) is 6. The number of anilines is 3. The van der Waals surface area contributed by atoms with E-state index in [1.54, 1.807) is 17.0 Å². The Hall–Kier alpha value is -5.15. The van der Waals surface area contributed by atoms with Crippen molar-refractivity contribution in [2.24, 2.45) is 0 Å². The predicted molar refractivity (Wildman–Crippen MR) is 182 cm³/mol. The first kappa shape index (κ1) is 36.6. The normalized spacial score (nSPS) is 16.6. The standard InChI is InChI=1S/C33H29F5N8O2S.CH2F2/c1-15(20-6-4-10-45(20)2)48-32-43-26-23-27(47-12-11-46(31(23)44-32)14-16-5-3-9-42-29(16)40)24(33(36,37)38)22(25(26)35)17-7-8-19(34)28-21(17)18(13-39)30(41)49-28;2-1-3/h3,5,7-9,15,20H,4,6,10-12,14,41H2,1-2H3,(H2,40,42);1H2. The van der Waals surface area contributed by atoms with Crippen LogP contribution in [0.25, 0.3) is 32.1 Å². The first-order valence-corrected chi connectivity index (χ1v) is 16.7. The molecule has 0 radical (unpaired) electrons. The quantitative estimate of drug-likeness (QED) is 0.169. The van der Waals surface area contributed by atoms with Crippen LogP contribution in [-0.2, 0) is 12.7 Å². The van der Waals surface area contributed by atoms with Gasteiger partial charge >= 0.3 is 12.2 Å². The van der Waals surface area contributed by atoms with Crippen LogP contribution < -0.4 is 25.8 Å². The smallest absolute Gasteiger partial charge is 0.420 e. The molecule has 2 aliphatic heterocycles. The van der Waals surface area contributed by atoms with Gasteiger partial charge in [0, 0.05) is 35.3 Å². The lowest BCUT2D eigenvalue weighted by atomic mass is 9.91. The molecule has 5 aromatic rings. The third-order valence-corrected chi connectivity index (χ3v) is 10.1. The lowest BCUT2D eigenvalue weighted by Gasteiger charge is -2.27. The van der Waals surface area contributed by atoms with Gasteiger partial charge in [0.15, 0.2) is 5.82 Å². The Labute approximate surface area is 296 Å². The SMILES string of the molecule is CC(Oc1nc2c3c(c(C(F)(F)F)c(-c4ccc(F)c5sc(N)c(C#N)c45)c(F)c3n1)OCCN2Cc1cccnc1N)C1CCCN1C.FCF. The lowest BCUT2D eigenvalue weighted by molar-refractivity contribution is -0.138. The minimum atomic E-state index is -5.19. The molecule has 18 heteroatoms. The topological polar surface area (TPSA) is 139 Å². The third-order valence-electron chi connectivity index (χ3n) is 9.09. The molecule has 0 bridgehead atoms. The number of hydrogen-bond acceptors (Lipinski definition) is 11. The maximum atomic E-state index is 17.2. The second-order valence-corrected chi connectivity index (χ2v) is 13.2. The summed E-state index contributed by atoms with van der Waals surface area (Å²) < 4.78 is 109. The Bertz CT molecular complexity index is 2190. The Morgan fingerprint density at radius 3 is 2.54 bits per heavy atom. The summed E-state index contributed by atoms with van der Waals surface area (Å²) in [4.78, 5) is 16.8. The first-order valence-electron chi connectivity index (χ1n) is 15.9. The molecule has 0 saturated carbocycles. The van der Waals surface area contributed by atoms with Gasteiger partial charge < -0.3 is 25.8 Å². The summed E-state index contributed by atoms with van der Waals surface area (Å²) in [7, 11) is 1.96. The highest BCUT2D eigenvalue weighted by Crippen LogP contribution is 2.53. The van der Waals surface area contributed by atoms with Gasteiger partial charge in [-0.05, 0) is 51.1 Å². The van der Waals surface area contributed by atoms with E-state index < -0.39 is 53.2 Å². The number of nitrogens with two attached hydrogens (primary N) is 2. The van der Waals surface area contributed by atoms with Gasteiger partial charge in [-0.25, -0.2) is 22.5 Å². The number of benzene rings is 2. The molecule has 2 aromatic carbocycles. The van der Waals surface area contributed by atoms with Crippen molar-refractivity contribution < 1.29 is 40.2 Å². The monoisotopic (exact) mass is 748 g/mol. The van der Waals surface area contributed by atoms with Gasteiger partial charge in [-0.1, -0.05) is 12.1 Å². The van der Waals surface area contributed by atoms with Crippen LogP contribution in [0.4, 0.5) is 47.4 Å². The molecule has 2 atom stereocenters. The van der Waals surface area contributed by atoms with Crippen LogP contribution in [0.1, 0.15) is 36.5 Å². The van der Waals surface area contributed by atoms with Crippen molar-refractivity contribution in [2.75, 3.05) is 50.0 Å². The number of fused-ring (bicyclic) bond motifs is 1. The van der Waals surface area contributed by atoms with Gasteiger partial charge in [0.2, 0.25) is 6.93 Å². The summed E-state index contributed by atoms with van der Waals surface area (Å²) in [5.41, 5.74) is 9.08. The summed E-state index contributed by atoms with van der Waals surface area (Å²) in [6, 6.07) is 6.88. The van der Waals surface area contributed by atoms with E-state index in [0.29, 0.717) is 16.9 Å². The van der Waals surface area contributed by atoms with E-state index in [9.17, 15) is 18.4 Å². The van der Waals surface area contributed by atoms with Crippen LogP contribution in [0, 0.1) is 23.0 Å². The van der Waals surface area contributed by atoms with Crippen LogP contribution in [-0.4, -0.2) is 65.7 Å². The number of thiophene rings is 1. The molecule has 0 amide bonds. The number of ether oxygens (including phenoxy) is 2. The summed E-state index contributed by atoms with van der Waals surface area (Å²) in [5, 5.41) is 9.19. The van der Waals surface area contributed by atoms with Crippen molar-refractivity contribution in [3.63, 3.8) is 0 Å². The number of likely N-dealkylation sites (N-methyl/N-ethyl adjacent to an activating group) is 1.